The highest BCUT2D eigenvalue weighted by Gasteiger charge is 2.37. The van der Waals surface area contributed by atoms with Crippen LogP contribution in [0.4, 0.5) is 9.18 Å². The van der Waals surface area contributed by atoms with Gasteiger partial charge in [0.1, 0.15) is 24.7 Å². The Bertz CT molecular complexity index is 1050. The fourth-order valence-electron chi connectivity index (χ4n) is 3.48. The third-order valence-corrected chi connectivity index (χ3v) is 6.08. The zero-order chi connectivity index (χ0) is 21.8. The van der Waals surface area contributed by atoms with Crippen molar-refractivity contribution in [3.63, 3.8) is 0 Å². The number of thioether (sulfide) groups is 1. The van der Waals surface area contributed by atoms with E-state index >= 15 is 0 Å². The van der Waals surface area contributed by atoms with E-state index in [1.165, 1.54) is 6.07 Å². The molecule has 2 saturated heterocycles. The molecule has 0 bridgehead atoms. The smallest absolute Gasteiger partial charge is 0.294 e. The van der Waals surface area contributed by atoms with Gasteiger partial charge in [0.05, 0.1) is 4.91 Å². The summed E-state index contributed by atoms with van der Waals surface area (Å²) in [7, 11) is 0. The van der Waals surface area contributed by atoms with Crippen LogP contribution in [0.15, 0.2) is 53.4 Å². The molecule has 0 unspecified atom stereocenters. The van der Waals surface area contributed by atoms with Gasteiger partial charge in [0, 0.05) is 24.2 Å². The van der Waals surface area contributed by atoms with Crippen LogP contribution < -0.4 is 4.74 Å². The number of ether oxygens (including phenoxy) is 1. The first-order valence-electron chi connectivity index (χ1n) is 10.0. The van der Waals surface area contributed by atoms with E-state index in [0.717, 1.165) is 29.5 Å². The summed E-state index contributed by atoms with van der Waals surface area (Å²) < 4.78 is 19.6. The van der Waals surface area contributed by atoms with Crippen molar-refractivity contribution in [3.8, 4) is 5.75 Å². The van der Waals surface area contributed by atoms with Crippen LogP contribution in [0.25, 0.3) is 6.08 Å². The van der Waals surface area contributed by atoms with Crippen LogP contribution in [0.3, 0.4) is 0 Å². The molecule has 31 heavy (non-hydrogen) atoms. The summed E-state index contributed by atoms with van der Waals surface area (Å²) >= 11 is 0.799. The Morgan fingerprint density at radius 1 is 1.06 bits per heavy atom. The van der Waals surface area contributed by atoms with Gasteiger partial charge in [-0.15, -0.1) is 0 Å². The average Bonchev–Trinajstić information content (AvgIpc) is 3.39. The molecule has 160 valence electrons. The number of likely N-dealkylation sites (tertiary alicyclic amines) is 1. The van der Waals surface area contributed by atoms with Gasteiger partial charge in [-0.2, -0.15) is 0 Å². The second kappa shape index (κ2) is 9.34. The first-order valence-corrected chi connectivity index (χ1v) is 10.8. The predicted octanol–water partition coefficient (Wildman–Crippen LogP) is 4.06. The predicted molar refractivity (Wildman–Crippen MR) is 116 cm³/mol. The highest BCUT2D eigenvalue weighted by atomic mass is 32.2. The van der Waals surface area contributed by atoms with E-state index in [4.69, 9.17) is 4.74 Å². The van der Waals surface area contributed by atoms with Crippen LogP contribution in [-0.2, 0) is 16.2 Å². The largest absolute Gasteiger partial charge is 0.488 e. The average molecular weight is 440 g/mol. The van der Waals surface area contributed by atoms with E-state index < -0.39 is 11.1 Å². The molecule has 0 N–H and O–H groups in total. The topological polar surface area (TPSA) is 66.9 Å². The molecule has 2 aliphatic rings. The van der Waals surface area contributed by atoms with Crippen LogP contribution >= 0.6 is 11.8 Å². The fourth-order valence-corrected chi connectivity index (χ4v) is 4.31. The van der Waals surface area contributed by atoms with Crippen molar-refractivity contribution in [2.24, 2.45) is 0 Å². The second-order valence-corrected chi connectivity index (χ2v) is 8.27. The number of carbonyl (C=O) groups excluding carboxylic acids is 3. The molecule has 4 rings (SSSR count). The molecule has 0 aliphatic carbocycles. The van der Waals surface area contributed by atoms with Crippen molar-refractivity contribution >= 4 is 34.9 Å². The van der Waals surface area contributed by atoms with Gasteiger partial charge in [-0.3, -0.25) is 19.3 Å². The summed E-state index contributed by atoms with van der Waals surface area (Å²) in [4.78, 5) is 40.4. The number of para-hydroxylation sites is 1. The number of rotatable bonds is 6. The van der Waals surface area contributed by atoms with Crippen molar-refractivity contribution in [1.82, 2.24) is 9.80 Å². The third kappa shape index (κ3) is 4.80. The lowest BCUT2D eigenvalue weighted by Crippen LogP contribution is -2.40. The molecule has 6 nitrogen and oxygen atoms in total. The van der Waals surface area contributed by atoms with Crippen molar-refractivity contribution in [1.29, 1.82) is 0 Å². The standard InChI is InChI=1S/C23H21FN2O4S/c24-18-9-3-1-8-17(18)15-30-19-10-4-2-7-16(19)13-20-22(28)26(23(29)31-20)14-21(27)25-11-5-6-12-25/h1-4,7-10,13H,5-6,11-12,14-15H2/b20-13-. The summed E-state index contributed by atoms with van der Waals surface area (Å²) in [5.74, 6) is -0.601. The van der Waals surface area contributed by atoms with Gasteiger partial charge in [0.25, 0.3) is 11.1 Å². The Morgan fingerprint density at radius 2 is 1.77 bits per heavy atom. The molecule has 0 atom stereocenters. The van der Waals surface area contributed by atoms with Gasteiger partial charge in [0.15, 0.2) is 0 Å². The monoisotopic (exact) mass is 440 g/mol. The van der Waals surface area contributed by atoms with E-state index in [9.17, 15) is 18.8 Å². The van der Waals surface area contributed by atoms with Crippen molar-refractivity contribution in [2.45, 2.75) is 19.4 Å². The molecule has 3 amide bonds. The molecule has 8 heteroatoms. The summed E-state index contributed by atoms with van der Waals surface area (Å²) in [6.07, 6.45) is 3.45. The Balaban J connectivity index is 1.48. The van der Waals surface area contributed by atoms with Gasteiger partial charge in [0.2, 0.25) is 5.91 Å². The van der Waals surface area contributed by atoms with Crippen molar-refractivity contribution < 1.29 is 23.5 Å². The lowest BCUT2D eigenvalue weighted by molar-refractivity contribution is -0.135. The summed E-state index contributed by atoms with van der Waals surface area (Å²) in [6, 6.07) is 13.4. The van der Waals surface area contributed by atoms with Gasteiger partial charge in [-0.1, -0.05) is 36.4 Å². The van der Waals surface area contributed by atoms with E-state index in [0.29, 0.717) is 30.0 Å². The van der Waals surface area contributed by atoms with Crippen LogP contribution in [0.5, 0.6) is 5.75 Å². The van der Waals surface area contributed by atoms with Crippen molar-refractivity contribution in [3.05, 3.63) is 70.4 Å². The molecule has 2 aliphatic heterocycles. The Labute approximate surface area is 183 Å². The molecule has 2 fully saturated rings. The maximum absolute atomic E-state index is 13.9. The van der Waals surface area contributed by atoms with Crippen LogP contribution in [-0.4, -0.2) is 46.5 Å². The number of carbonyl (C=O) groups is 3. The normalized spacial score (nSPS) is 17.6. The van der Waals surface area contributed by atoms with Crippen molar-refractivity contribution in [2.75, 3.05) is 19.6 Å². The molecule has 0 saturated carbocycles. The lowest BCUT2D eigenvalue weighted by atomic mass is 10.1. The maximum atomic E-state index is 13.9. The Morgan fingerprint density at radius 3 is 2.55 bits per heavy atom. The summed E-state index contributed by atoms with van der Waals surface area (Å²) in [6.45, 7) is 1.12. The van der Waals surface area contributed by atoms with E-state index in [1.807, 2.05) is 0 Å². The molecule has 0 aromatic heterocycles. The zero-order valence-electron chi connectivity index (χ0n) is 16.8. The number of imide groups is 1. The molecule has 2 aromatic carbocycles. The Kier molecular flexibility index (Phi) is 6.36. The molecule has 2 heterocycles. The van der Waals surface area contributed by atoms with E-state index in [-0.39, 0.29) is 29.8 Å². The van der Waals surface area contributed by atoms with Gasteiger partial charge in [-0.25, -0.2) is 4.39 Å². The summed E-state index contributed by atoms with van der Waals surface area (Å²) in [5, 5.41) is -0.464. The number of hydrogen-bond acceptors (Lipinski definition) is 5. The number of hydrogen-bond donors (Lipinski definition) is 0. The quantitative estimate of drug-likeness (QED) is 0.634. The SMILES string of the molecule is O=C(CN1C(=O)S/C(=C\c2ccccc2OCc2ccccc2F)C1=O)N1CCCC1. The zero-order valence-corrected chi connectivity index (χ0v) is 17.6. The molecular formula is C23H21FN2O4S. The van der Waals surface area contributed by atoms with Crippen LogP contribution in [0.2, 0.25) is 0 Å². The highest BCUT2D eigenvalue weighted by molar-refractivity contribution is 8.18. The number of nitrogens with zero attached hydrogens (tertiary/aromatic N) is 2. The van der Waals surface area contributed by atoms with Gasteiger partial charge in [-0.05, 0) is 42.8 Å². The summed E-state index contributed by atoms with van der Waals surface area (Å²) in [5.41, 5.74) is 1.01. The Hall–Kier alpha value is -3.13. The minimum absolute atomic E-state index is 0.0311. The fraction of sp³-hybridized carbons (Fsp3) is 0.261. The molecule has 0 spiro atoms. The number of benzene rings is 2. The van der Waals surface area contributed by atoms with Crippen LogP contribution in [0.1, 0.15) is 24.0 Å². The van der Waals surface area contributed by atoms with Crippen LogP contribution in [0, 0.1) is 5.82 Å². The number of halogens is 1. The first-order chi connectivity index (χ1) is 15.0. The van der Waals surface area contributed by atoms with Gasteiger partial charge >= 0.3 is 0 Å². The lowest BCUT2D eigenvalue weighted by Gasteiger charge is -2.18. The molecular weight excluding hydrogens is 419 g/mol. The minimum Gasteiger partial charge on any atom is -0.488 e. The first kappa shape index (κ1) is 21.1. The minimum atomic E-state index is -0.494. The highest BCUT2D eigenvalue weighted by Crippen LogP contribution is 2.34. The van der Waals surface area contributed by atoms with E-state index in [2.05, 4.69) is 0 Å². The molecule has 0 radical (unpaired) electrons. The third-order valence-electron chi connectivity index (χ3n) is 5.17. The molecule has 2 aromatic rings. The maximum Gasteiger partial charge on any atom is 0.294 e. The second-order valence-electron chi connectivity index (χ2n) is 7.27. The van der Waals surface area contributed by atoms with Gasteiger partial charge < -0.3 is 9.64 Å². The number of amides is 3. The van der Waals surface area contributed by atoms with E-state index in [1.54, 1.807) is 53.4 Å².